The molecule has 16 heavy (non-hydrogen) atoms. The molecule has 0 aliphatic carbocycles. The number of hydrogen-bond donors (Lipinski definition) is 1. The summed E-state index contributed by atoms with van der Waals surface area (Å²) in [5, 5.41) is 17.8. The van der Waals surface area contributed by atoms with Crippen molar-refractivity contribution in [2.24, 2.45) is 0 Å². The fraction of sp³-hybridized carbons (Fsp3) is 0.273. The van der Waals surface area contributed by atoms with Crippen LogP contribution in [0.25, 0.3) is 0 Å². The maximum Gasteiger partial charge on any atom is 0.335 e. The van der Waals surface area contributed by atoms with Crippen LogP contribution in [-0.4, -0.2) is 24.3 Å². The number of rotatable bonds is 3. The highest BCUT2D eigenvalue weighted by molar-refractivity contribution is 5.74. The molecule has 1 unspecified atom stereocenters. The molecule has 0 aliphatic heterocycles. The lowest BCUT2D eigenvalue weighted by atomic mass is 10.1. The summed E-state index contributed by atoms with van der Waals surface area (Å²) in [5.41, 5.74) is 0.353. The van der Waals surface area contributed by atoms with Crippen molar-refractivity contribution < 1.29 is 19.0 Å². The zero-order valence-corrected chi connectivity index (χ0v) is 8.61. The van der Waals surface area contributed by atoms with E-state index in [0.717, 1.165) is 13.2 Å². The van der Waals surface area contributed by atoms with Gasteiger partial charge in [0.2, 0.25) is 0 Å². The molecular weight excluding hydrogens is 213 g/mol. The number of nitrogens with zero attached hydrogens (tertiary/aromatic N) is 1. The van der Waals surface area contributed by atoms with Gasteiger partial charge in [-0.05, 0) is 17.7 Å². The number of ether oxygens (including phenoxy) is 1. The average molecular weight is 223 g/mol. The summed E-state index contributed by atoms with van der Waals surface area (Å²) in [6.07, 6.45) is -1.57. The fourth-order valence-corrected chi connectivity index (χ4v) is 1.21. The normalized spacial score (nSPS) is 11.6. The minimum atomic E-state index is -1.40. The van der Waals surface area contributed by atoms with Crippen LogP contribution in [0.1, 0.15) is 11.1 Å². The number of halogens is 1. The third-order valence-electron chi connectivity index (χ3n) is 2.07. The first-order chi connectivity index (χ1) is 7.58. The van der Waals surface area contributed by atoms with Crippen molar-refractivity contribution in [3.8, 4) is 6.07 Å². The minimum absolute atomic E-state index is 0.164. The Morgan fingerprint density at radius 1 is 1.69 bits per heavy atom. The molecule has 1 aromatic rings. The van der Waals surface area contributed by atoms with Gasteiger partial charge in [-0.25, -0.2) is 9.18 Å². The van der Waals surface area contributed by atoms with Crippen LogP contribution in [-0.2, 0) is 16.0 Å². The second-order valence-electron chi connectivity index (χ2n) is 3.16. The molecule has 5 heteroatoms. The summed E-state index contributed by atoms with van der Waals surface area (Å²) in [6, 6.07) is 5.62. The van der Waals surface area contributed by atoms with Crippen LogP contribution in [0.4, 0.5) is 4.39 Å². The van der Waals surface area contributed by atoms with Crippen LogP contribution in [0, 0.1) is 17.1 Å². The van der Waals surface area contributed by atoms with E-state index in [0.29, 0.717) is 0 Å². The molecular formula is C11H10FNO3. The van der Waals surface area contributed by atoms with E-state index >= 15 is 0 Å². The molecule has 0 saturated carbocycles. The van der Waals surface area contributed by atoms with E-state index in [1.807, 2.05) is 0 Å². The SMILES string of the molecule is COC(=O)C(O)Cc1ccc(C#N)cc1F. The van der Waals surface area contributed by atoms with E-state index in [1.54, 1.807) is 6.07 Å². The Morgan fingerprint density at radius 2 is 2.38 bits per heavy atom. The Hall–Kier alpha value is -1.93. The predicted molar refractivity (Wildman–Crippen MR) is 52.8 cm³/mol. The molecule has 0 bridgehead atoms. The van der Waals surface area contributed by atoms with Crippen molar-refractivity contribution in [1.29, 1.82) is 5.26 Å². The lowest BCUT2D eigenvalue weighted by Gasteiger charge is -2.08. The molecule has 1 aromatic carbocycles. The molecule has 0 aromatic heterocycles. The summed E-state index contributed by atoms with van der Waals surface area (Å²) in [5.74, 6) is -1.44. The lowest BCUT2D eigenvalue weighted by molar-refractivity contribution is -0.150. The summed E-state index contributed by atoms with van der Waals surface area (Å²) >= 11 is 0. The number of carbonyl (C=O) groups excluding carboxylic acids is 1. The quantitative estimate of drug-likeness (QED) is 0.768. The van der Waals surface area contributed by atoms with Crippen LogP contribution < -0.4 is 0 Å². The number of aliphatic hydroxyl groups is 1. The van der Waals surface area contributed by atoms with Crippen LogP contribution in [0.3, 0.4) is 0 Å². The predicted octanol–water partition coefficient (Wildman–Crippen LogP) is 0.774. The second-order valence-corrected chi connectivity index (χ2v) is 3.16. The number of esters is 1. The molecule has 0 amide bonds. The molecule has 4 nitrogen and oxygen atoms in total. The van der Waals surface area contributed by atoms with Crippen molar-refractivity contribution in [3.63, 3.8) is 0 Å². The minimum Gasteiger partial charge on any atom is -0.467 e. The third-order valence-corrected chi connectivity index (χ3v) is 2.07. The van der Waals surface area contributed by atoms with Gasteiger partial charge < -0.3 is 9.84 Å². The Kier molecular flexibility index (Phi) is 3.97. The van der Waals surface area contributed by atoms with E-state index in [-0.39, 0.29) is 17.5 Å². The van der Waals surface area contributed by atoms with Crippen LogP contribution in [0.2, 0.25) is 0 Å². The van der Waals surface area contributed by atoms with Gasteiger partial charge in [-0.2, -0.15) is 5.26 Å². The summed E-state index contributed by atoms with van der Waals surface area (Å²) < 4.78 is 17.7. The largest absolute Gasteiger partial charge is 0.467 e. The maximum atomic E-state index is 13.4. The average Bonchev–Trinajstić information content (AvgIpc) is 2.30. The van der Waals surface area contributed by atoms with Gasteiger partial charge in [0.1, 0.15) is 5.82 Å². The summed E-state index contributed by atoms with van der Waals surface area (Å²) in [4.78, 5) is 10.9. The molecule has 84 valence electrons. The monoisotopic (exact) mass is 223 g/mol. The standard InChI is InChI=1S/C11H10FNO3/c1-16-11(15)10(14)5-8-3-2-7(6-13)4-9(8)12/h2-4,10,14H,5H2,1H3. The zero-order valence-electron chi connectivity index (χ0n) is 8.61. The summed E-state index contributed by atoms with van der Waals surface area (Å²) in [7, 11) is 1.14. The van der Waals surface area contributed by atoms with Gasteiger partial charge in [0.15, 0.2) is 6.10 Å². The van der Waals surface area contributed by atoms with E-state index in [1.165, 1.54) is 12.1 Å². The number of methoxy groups -OCH3 is 1. The van der Waals surface area contributed by atoms with E-state index in [9.17, 15) is 14.3 Å². The molecule has 1 atom stereocenters. The molecule has 0 spiro atoms. The van der Waals surface area contributed by atoms with E-state index < -0.39 is 17.9 Å². The number of aliphatic hydroxyl groups excluding tert-OH is 1. The zero-order chi connectivity index (χ0) is 12.1. The Morgan fingerprint density at radius 3 is 2.88 bits per heavy atom. The Labute approximate surface area is 91.9 Å². The molecule has 0 heterocycles. The molecule has 1 rings (SSSR count). The number of hydrogen-bond acceptors (Lipinski definition) is 4. The van der Waals surface area contributed by atoms with Gasteiger partial charge in [-0.15, -0.1) is 0 Å². The van der Waals surface area contributed by atoms with E-state index in [4.69, 9.17) is 5.26 Å². The van der Waals surface area contributed by atoms with E-state index in [2.05, 4.69) is 4.74 Å². The number of nitriles is 1. The Balaban J connectivity index is 2.83. The first-order valence-corrected chi connectivity index (χ1v) is 4.53. The van der Waals surface area contributed by atoms with Crippen LogP contribution >= 0.6 is 0 Å². The highest BCUT2D eigenvalue weighted by atomic mass is 19.1. The van der Waals surface area contributed by atoms with Crippen LogP contribution in [0.15, 0.2) is 18.2 Å². The highest BCUT2D eigenvalue weighted by Gasteiger charge is 2.17. The van der Waals surface area contributed by atoms with Gasteiger partial charge in [-0.3, -0.25) is 0 Å². The molecule has 0 saturated heterocycles. The smallest absolute Gasteiger partial charge is 0.335 e. The summed E-state index contributed by atoms with van der Waals surface area (Å²) in [6.45, 7) is 0. The molecule has 0 fully saturated rings. The van der Waals surface area contributed by atoms with Crippen LogP contribution in [0.5, 0.6) is 0 Å². The van der Waals surface area contributed by atoms with Crippen molar-refractivity contribution in [2.75, 3.05) is 7.11 Å². The number of benzene rings is 1. The highest BCUT2D eigenvalue weighted by Crippen LogP contribution is 2.12. The van der Waals surface area contributed by atoms with Crippen molar-refractivity contribution in [3.05, 3.63) is 35.1 Å². The first kappa shape index (κ1) is 12.1. The number of carbonyl (C=O) groups is 1. The van der Waals surface area contributed by atoms with Gasteiger partial charge in [-0.1, -0.05) is 6.07 Å². The topological polar surface area (TPSA) is 70.3 Å². The van der Waals surface area contributed by atoms with Gasteiger partial charge in [0, 0.05) is 6.42 Å². The Bertz CT molecular complexity index is 439. The van der Waals surface area contributed by atoms with Gasteiger partial charge in [0.25, 0.3) is 0 Å². The van der Waals surface area contributed by atoms with Crippen molar-refractivity contribution in [1.82, 2.24) is 0 Å². The van der Waals surface area contributed by atoms with Crippen molar-refractivity contribution in [2.45, 2.75) is 12.5 Å². The lowest BCUT2D eigenvalue weighted by Crippen LogP contribution is -2.24. The first-order valence-electron chi connectivity index (χ1n) is 4.53. The molecule has 1 N–H and O–H groups in total. The molecule has 0 aliphatic rings. The fourth-order valence-electron chi connectivity index (χ4n) is 1.21. The van der Waals surface area contributed by atoms with Crippen molar-refractivity contribution >= 4 is 5.97 Å². The molecule has 0 radical (unpaired) electrons. The maximum absolute atomic E-state index is 13.4. The third kappa shape index (κ3) is 2.78. The van der Waals surface area contributed by atoms with Gasteiger partial charge in [0.05, 0.1) is 18.7 Å². The van der Waals surface area contributed by atoms with Gasteiger partial charge >= 0.3 is 5.97 Å². The second kappa shape index (κ2) is 5.24.